The van der Waals surface area contributed by atoms with Crippen molar-refractivity contribution in [1.29, 1.82) is 0 Å². The Morgan fingerprint density at radius 2 is 2.25 bits per heavy atom. The molecule has 0 aromatic carbocycles. The maximum atomic E-state index is 5.15. The summed E-state index contributed by atoms with van der Waals surface area (Å²) in [6.07, 6.45) is 4.22. The molecule has 0 aliphatic heterocycles. The molecule has 0 bridgehead atoms. The summed E-state index contributed by atoms with van der Waals surface area (Å²) in [4.78, 5) is 0.715. The van der Waals surface area contributed by atoms with Crippen molar-refractivity contribution in [2.45, 2.75) is 30.2 Å². The summed E-state index contributed by atoms with van der Waals surface area (Å²) in [5.41, 5.74) is 0. The summed E-state index contributed by atoms with van der Waals surface area (Å²) >= 11 is 3.54. The highest BCUT2D eigenvalue weighted by Gasteiger charge is 2.21. The molecule has 0 heterocycles. The van der Waals surface area contributed by atoms with Gasteiger partial charge in [-0.05, 0) is 19.3 Å². The molecule has 1 aliphatic carbocycles. The summed E-state index contributed by atoms with van der Waals surface area (Å²) in [6, 6.07) is 0. The van der Waals surface area contributed by atoms with Crippen molar-refractivity contribution in [2.75, 3.05) is 7.11 Å². The highest BCUT2D eigenvalue weighted by molar-refractivity contribution is 9.09. The lowest BCUT2D eigenvalue weighted by molar-refractivity contribution is 0.109. The Labute approximate surface area is 58.5 Å². The standard InChI is InChI=1S/C6H11BrO/c1-8-6-3-2-5(7)4-6/h5-6H,2-4H2,1H3/t5-,6-/m0/s1. The van der Waals surface area contributed by atoms with E-state index in [1.54, 1.807) is 7.11 Å². The van der Waals surface area contributed by atoms with Crippen LogP contribution in [0.4, 0.5) is 0 Å². The van der Waals surface area contributed by atoms with Gasteiger partial charge >= 0.3 is 0 Å². The highest BCUT2D eigenvalue weighted by Crippen LogP contribution is 2.26. The van der Waals surface area contributed by atoms with Gasteiger partial charge in [0, 0.05) is 11.9 Å². The minimum absolute atomic E-state index is 0.527. The largest absolute Gasteiger partial charge is 0.381 e. The second-order valence-corrected chi connectivity index (χ2v) is 3.56. The molecule has 1 saturated carbocycles. The molecule has 0 amide bonds. The van der Waals surface area contributed by atoms with Crippen molar-refractivity contribution in [2.24, 2.45) is 0 Å². The van der Waals surface area contributed by atoms with Crippen LogP contribution in [0.3, 0.4) is 0 Å². The van der Waals surface area contributed by atoms with Crippen molar-refractivity contribution in [3.8, 4) is 0 Å². The van der Waals surface area contributed by atoms with Crippen LogP contribution in [0, 0.1) is 0 Å². The summed E-state index contributed by atoms with van der Waals surface area (Å²) in [5, 5.41) is 0. The summed E-state index contributed by atoms with van der Waals surface area (Å²) in [5.74, 6) is 0. The molecule has 1 aliphatic rings. The van der Waals surface area contributed by atoms with Crippen LogP contribution in [0.15, 0.2) is 0 Å². The molecule has 2 atom stereocenters. The van der Waals surface area contributed by atoms with Crippen LogP contribution in [0.5, 0.6) is 0 Å². The first-order chi connectivity index (χ1) is 3.83. The van der Waals surface area contributed by atoms with Crippen LogP contribution in [0.25, 0.3) is 0 Å². The van der Waals surface area contributed by atoms with Gasteiger partial charge in [-0.2, -0.15) is 0 Å². The molecular weight excluding hydrogens is 168 g/mol. The molecule has 0 aromatic rings. The number of hydrogen-bond acceptors (Lipinski definition) is 1. The van der Waals surface area contributed by atoms with E-state index in [9.17, 15) is 0 Å². The lowest BCUT2D eigenvalue weighted by atomic mass is 10.3. The van der Waals surface area contributed by atoms with E-state index >= 15 is 0 Å². The molecule has 0 N–H and O–H groups in total. The molecule has 48 valence electrons. The molecule has 2 heteroatoms. The Morgan fingerprint density at radius 3 is 2.50 bits per heavy atom. The number of hydrogen-bond donors (Lipinski definition) is 0. The number of halogens is 1. The maximum absolute atomic E-state index is 5.15. The molecule has 0 saturated heterocycles. The molecule has 0 aromatic heterocycles. The van der Waals surface area contributed by atoms with Crippen LogP contribution in [-0.4, -0.2) is 18.0 Å². The van der Waals surface area contributed by atoms with E-state index in [0.717, 1.165) is 0 Å². The lowest BCUT2D eigenvalue weighted by Gasteiger charge is -2.03. The normalized spacial score (nSPS) is 38.2. The third-order valence-electron chi connectivity index (χ3n) is 1.65. The first-order valence-corrected chi connectivity index (χ1v) is 3.91. The fourth-order valence-corrected chi connectivity index (χ4v) is 1.78. The van der Waals surface area contributed by atoms with Crippen molar-refractivity contribution in [3.05, 3.63) is 0 Å². The fraction of sp³-hybridized carbons (Fsp3) is 1.00. The van der Waals surface area contributed by atoms with E-state index in [4.69, 9.17) is 4.74 Å². The van der Waals surface area contributed by atoms with Gasteiger partial charge in [-0.3, -0.25) is 0 Å². The summed E-state index contributed by atoms with van der Waals surface area (Å²) < 4.78 is 5.15. The Morgan fingerprint density at radius 1 is 1.50 bits per heavy atom. The smallest absolute Gasteiger partial charge is 0.0582 e. The van der Waals surface area contributed by atoms with E-state index < -0.39 is 0 Å². The van der Waals surface area contributed by atoms with Crippen LogP contribution < -0.4 is 0 Å². The molecule has 0 spiro atoms. The Balaban J connectivity index is 2.22. The Bertz CT molecular complexity index is 74.9. The van der Waals surface area contributed by atoms with Crippen LogP contribution in [0.2, 0.25) is 0 Å². The Kier molecular flexibility index (Phi) is 2.32. The zero-order valence-corrected chi connectivity index (χ0v) is 6.65. The van der Waals surface area contributed by atoms with Crippen molar-refractivity contribution < 1.29 is 4.74 Å². The quantitative estimate of drug-likeness (QED) is 0.559. The SMILES string of the molecule is CO[C@H]1CC[C@H](Br)C1. The number of ether oxygens (including phenoxy) is 1. The van der Waals surface area contributed by atoms with E-state index in [-0.39, 0.29) is 0 Å². The molecular formula is C6H11BrO. The molecule has 0 unspecified atom stereocenters. The number of alkyl halides is 1. The van der Waals surface area contributed by atoms with Gasteiger partial charge < -0.3 is 4.74 Å². The molecule has 1 fully saturated rings. The van der Waals surface area contributed by atoms with Crippen LogP contribution >= 0.6 is 15.9 Å². The average Bonchev–Trinajstić information content (AvgIpc) is 2.14. The van der Waals surface area contributed by atoms with Gasteiger partial charge in [-0.15, -0.1) is 0 Å². The van der Waals surface area contributed by atoms with Gasteiger partial charge in [-0.1, -0.05) is 15.9 Å². The van der Waals surface area contributed by atoms with Gasteiger partial charge in [0.15, 0.2) is 0 Å². The minimum atomic E-state index is 0.527. The summed E-state index contributed by atoms with van der Waals surface area (Å²) in [7, 11) is 1.79. The predicted molar refractivity (Wildman–Crippen MR) is 37.4 cm³/mol. The van der Waals surface area contributed by atoms with Crippen molar-refractivity contribution in [1.82, 2.24) is 0 Å². The van der Waals surface area contributed by atoms with Gasteiger partial charge in [0.05, 0.1) is 6.10 Å². The first kappa shape index (κ1) is 6.56. The zero-order valence-electron chi connectivity index (χ0n) is 5.06. The summed E-state index contributed by atoms with van der Waals surface area (Å²) in [6.45, 7) is 0. The second kappa shape index (κ2) is 2.83. The van der Waals surface area contributed by atoms with E-state index in [1.165, 1.54) is 19.3 Å². The molecule has 1 nitrogen and oxygen atoms in total. The van der Waals surface area contributed by atoms with Gasteiger partial charge in [-0.25, -0.2) is 0 Å². The van der Waals surface area contributed by atoms with Crippen LogP contribution in [-0.2, 0) is 4.74 Å². The topological polar surface area (TPSA) is 9.23 Å². The minimum Gasteiger partial charge on any atom is -0.381 e. The number of rotatable bonds is 1. The average molecular weight is 179 g/mol. The maximum Gasteiger partial charge on any atom is 0.0582 e. The first-order valence-electron chi connectivity index (χ1n) is 3.00. The zero-order chi connectivity index (χ0) is 5.98. The molecule has 0 radical (unpaired) electrons. The van der Waals surface area contributed by atoms with Crippen molar-refractivity contribution >= 4 is 15.9 Å². The Hall–Kier alpha value is 0.440. The lowest BCUT2D eigenvalue weighted by Crippen LogP contribution is -2.03. The van der Waals surface area contributed by atoms with E-state index in [1.807, 2.05) is 0 Å². The third kappa shape index (κ3) is 1.46. The number of methoxy groups -OCH3 is 1. The molecule has 1 rings (SSSR count). The van der Waals surface area contributed by atoms with E-state index in [2.05, 4.69) is 15.9 Å². The van der Waals surface area contributed by atoms with Crippen molar-refractivity contribution in [3.63, 3.8) is 0 Å². The highest BCUT2D eigenvalue weighted by atomic mass is 79.9. The monoisotopic (exact) mass is 178 g/mol. The van der Waals surface area contributed by atoms with Gasteiger partial charge in [0.1, 0.15) is 0 Å². The van der Waals surface area contributed by atoms with Gasteiger partial charge in [0.2, 0.25) is 0 Å². The predicted octanol–water partition coefficient (Wildman–Crippen LogP) is 1.95. The van der Waals surface area contributed by atoms with Crippen LogP contribution in [0.1, 0.15) is 19.3 Å². The second-order valence-electron chi connectivity index (χ2n) is 2.27. The third-order valence-corrected chi connectivity index (χ3v) is 2.49. The molecule has 8 heavy (non-hydrogen) atoms. The fourth-order valence-electron chi connectivity index (χ4n) is 1.10. The van der Waals surface area contributed by atoms with Gasteiger partial charge in [0.25, 0.3) is 0 Å². The van der Waals surface area contributed by atoms with E-state index in [0.29, 0.717) is 10.9 Å².